The molecule has 0 amide bonds. The summed E-state index contributed by atoms with van der Waals surface area (Å²) in [5.74, 6) is -1.31. The van der Waals surface area contributed by atoms with Crippen LogP contribution < -0.4 is 0 Å². The second kappa shape index (κ2) is 5.80. The molecule has 22 heavy (non-hydrogen) atoms. The number of para-hydroxylation sites is 1. The van der Waals surface area contributed by atoms with Gasteiger partial charge >= 0.3 is 5.97 Å². The molecule has 2 aromatic rings. The summed E-state index contributed by atoms with van der Waals surface area (Å²) in [4.78, 5) is 33.4. The Bertz CT molecular complexity index is 776. The predicted molar refractivity (Wildman–Crippen MR) is 78.9 cm³/mol. The number of carboxylic acid groups (broad SMARTS) is 1. The lowest BCUT2D eigenvalue weighted by molar-refractivity contribution is -0.384. The maximum absolute atomic E-state index is 11.7. The molecule has 0 spiro atoms. The van der Waals surface area contributed by atoms with Crippen LogP contribution in [0.5, 0.6) is 0 Å². The van der Waals surface area contributed by atoms with Gasteiger partial charge in [-0.3, -0.25) is 19.7 Å². The Morgan fingerprint density at radius 3 is 2.50 bits per heavy atom. The molecule has 0 atom stereocenters. The molecule has 1 N–H and O–H groups in total. The zero-order valence-electron chi connectivity index (χ0n) is 12.1. The molecule has 1 aromatic heterocycles. The monoisotopic (exact) mass is 302 g/mol. The number of nitro benzene ring substituents is 1. The van der Waals surface area contributed by atoms with Crippen LogP contribution in [-0.2, 0) is 11.3 Å². The first-order valence-electron chi connectivity index (χ1n) is 6.49. The van der Waals surface area contributed by atoms with E-state index in [1.807, 2.05) is 0 Å². The molecule has 7 nitrogen and oxygen atoms in total. The summed E-state index contributed by atoms with van der Waals surface area (Å²) in [5.41, 5.74) is 1.32. The molecule has 7 heteroatoms. The number of carbonyl (C=O) groups is 2. The Balaban J connectivity index is 2.74. The highest BCUT2D eigenvalue weighted by molar-refractivity contribution is 5.97. The number of ketones is 1. The zero-order chi connectivity index (χ0) is 16.4. The molecule has 0 saturated carbocycles. The minimum atomic E-state index is -1.09. The van der Waals surface area contributed by atoms with Gasteiger partial charge in [0.1, 0.15) is 6.54 Å². The van der Waals surface area contributed by atoms with Crippen molar-refractivity contribution in [3.05, 3.63) is 51.7 Å². The largest absolute Gasteiger partial charge is 0.480 e. The number of benzene rings is 1. The van der Waals surface area contributed by atoms with Crippen LogP contribution in [-0.4, -0.2) is 26.3 Å². The van der Waals surface area contributed by atoms with Gasteiger partial charge in [-0.15, -0.1) is 0 Å². The molecule has 1 aromatic carbocycles. The van der Waals surface area contributed by atoms with Gasteiger partial charge in [-0.2, -0.15) is 0 Å². The number of hydrogen-bond donors (Lipinski definition) is 1. The maximum Gasteiger partial charge on any atom is 0.323 e. The van der Waals surface area contributed by atoms with Crippen molar-refractivity contribution in [3.63, 3.8) is 0 Å². The fraction of sp³-hybridized carbons (Fsp3) is 0.200. The van der Waals surface area contributed by atoms with Gasteiger partial charge < -0.3 is 9.67 Å². The van der Waals surface area contributed by atoms with E-state index in [0.717, 1.165) is 0 Å². The van der Waals surface area contributed by atoms with Gasteiger partial charge in [-0.05, 0) is 26.0 Å². The van der Waals surface area contributed by atoms with Crippen LogP contribution in [0.25, 0.3) is 11.3 Å². The van der Waals surface area contributed by atoms with Crippen molar-refractivity contribution in [1.82, 2.24) is 4.57 Å². The third-order valence-electron chi connectivity index (χ3n) is 3.42. The van der Waals surface area contributed by atoms with Crippen LogP contribution in [0.15, 0.2) is 30.3 Å². The number of aliphatic carboxylic acids is 1. The Kier molecular flexibility index (Phi) is 4.07. The molecule has 114 valence electrons. The number of nitro groups is 1. The van der Waals surface area contributed by atoms with Crippen LogP contribution in [0.4, 0.5) is 5.69 Å². The third kappa shape index (κ3) is 2.73. The second-order valence-corrected chi connectivity index (χ2v) is 4.84. The van der Waals surface area contributed by atoms with E-state index in [1.165, 1.54) is 35.8 Å². The first-order chi connectivity index (χ1) is 10.3. The number of hydrogen-bond acceptors (Lipinski definition) is 4. The van der Waals surface area contributed by atoms with Gasteiger partial charge in [0.15, 0.2) is 5.78 Å². The summed E-state index contributed by atoms with van der Waals surface area (Å²) in [5, 5.41) is 20.2. The van der Waals surface area contributed by atoms with Crippen molar-refractivity contribution in [2.75, 3.05) is 0 Å². The molecule has 1 heterocycles. The van der Waals surface area contributed by atoms with Crippen LogP contribution >= 0.6 is 0 Å². The maximum atomic E-state index is 11.7. The van der Waals surface area contributed by atoms with E-state index in [-0.39, 0.29) is 23.6 Å². The fourth-order valence-electron chi connectivity index (χ4n) is 2.41. The molecule has 0 radical (unpaired) electrons. The molecule has 0 aliphatic carbocycles. The van der Waals surface area contributed by atoms with Crippen LogP contribution in [0.3, 0.4) is 0 Å². The van der Waals surface area contributed by atoms with Gasteiger partial charge in [0.2, 0.25) is 0 Å². The highest BCUT2D eigenvalue weighted by atomic mass is 16.6. The van der Waals surface area contributed by atoms with E-state index in [0.29, 0.717) is 17.0 Å². The van der Waals surface area contributed by atoms with Crippen molar-refractivity contribution in [1.29, 1.82) is 0 Å². The van der Waals surface area contributed by atoms with Gasteiger partial charge in [-0.25, -0.2) is 0 Å². The SMILES string of the molecule is CC(=O)c1cc(-c2ccccc2[N+](=O)[O-])n(CC(=O)O)c1C. The molecule has 0 unspecified atom stereocenters. The van der Waals surface area contributed by atoms with Crippen LogP contribution in [0.2, 0.25) is 0 Å². The summed E-state index contributed by atoms with van der Waals surface area (Å²) >= 11 is 0. The van der Waals surface area contributed by atoms with Crippen molar-refractivity contribution in [3.8, 4) is 11.3 Å². The molecule has 0 fully saturated rings. The molecular formula is C15H14N2O5. The van der Waals surface area contributed by atoms with Crippen molar-refractivity contribution < 1.29 is 19.6 Å². The van der Waals surface area contributed by atoms with Gasteiger partial charge in [0.25, 0.3) is 5.69 Å². The average molecular weight is 302 g/mol. The highest BCUT2D eigenvalue weighted by Gasteiger charge is 2.22. The molecular weight excluding hydrogens is 288 g/mol. The van der Waals surface area contributed by atoms with E-state index >= 15 is 0 Å². The minimum absolute atomic E-state index is 0.137. The summed E-state index contributed by atoms with van der Waals surface area (Å²) < 4.78 is 1.40. The Morgan fingerprint density at radius 2 is 1.95 bits per heavy atom. The first kappa shape index (κ1) is 15.4. The lowest BCUT2D eigenvalue weighted by Gasteiger charge is -2.09. The van der Waals surface area contributed by atoms with E-state index in [4.69, 9.17) is 5.11 Å². The molecule has 0 bridgehead atoms. The zero-order valence-corrected chi connectivity index (χ0v) is 12.1. The fourth-order valence-corrected chi connectivity index (χ4v) is 2.41. The summed E-state index contributed by atoms with van der Waals surface area (Å²) in [7, 11) is 0. The quantitative estimate of drug-likeness (QED) is 0.519. The van der Waals surface area contributed by atoms with E-state index in [1.54, 1.807) is 13.0 Å². The van der Waals surface area contributed by atoms with E-state index < -0.39 is 10.9 Å². The van der Waals surface area contributed by atoms with Gasteiger partial charge in [0.05, 0.1) is 16.2 Å². The highest BCUT2D eigenvalue weighted by Crippen LogP contribution is 2.33. The number of Topliss-reactive ketones (excluding diaryl/α,β-unsaturated/α-hetero) is 1. The number of carboxylic acids is 1. The summed E-state index contributed by atoms with van der Waals surface area (Å²) in [6.45, 7) is 2.62. The van der Waals surface area contributed by atoms with Crippen LogP contribution in [0.1, 0.15) is 23.0 Å². The summed E-state index contributed by atoms with van der Waals surface area (Å²) in [6, 6.07) is 7.54. The Hall–Kier alpha value is -2.96. The predicted octanol–water partition coefficient (Wildman–Crippen LogP) is 2.66. The van der Waals surface area contributed by atoms with Crippen molar-refractivity contribution in [2.24, 2.45) is 0 Å². The third-order valence-corrected chi connectivity index (χ3v) is 3.42. The Labute approximate surface area is 126 Å². The molecule has 0 saturated heterocycles. The lowest BCUT2D eigenvalue weighted by Crippen LogP contribution is -2.12. The first-order valence-corrected chi connectivity index (χ1v) is 6.49. The lowest BCUT2D eigenvalue weighted by atomic mass is 10.1. The van der Waals surface area contributed by atoms with Crippen molar-refractivity contribution in [2.45, 2.75) is 20.4 Å². The summed E-state index contributed by atoms with van der Waals surface area (Å²) in [6.07, 6.45) is 0. The number of aromatic nitrogens is 1. The number of rotatable bonds is 5. The molecule has 2 rings (SSSR count). The second-order valence-electron chi connectivity index (χ2n) is 4.84. The molecule has 0 aliphatic rings. The molecule has 0 aliphatic heterocycles. The van der Waals surface area contributed by atoms with Crippen LogP contribution in [0, 0.1) is 17.0 Å². The van der Waals surface area contributed by atoms with E-state index in [2.05, 4.69) is 0 Å². The standard InChI is InChI=1S/C15H14N2O5/c1-9-12(10(2)18)7-14(16(9)8-15(19)20)11-5-3-4-6-13(11)17(21)22/h3-7H,8H2,1-2H3,(H,19,20). The minimum Gasteiger partial charge on any atom is -0.480 e. The number of carbonyl (C=O) groups excluding carboxylic acids is 1. The smallest absolute Gasteiger partial charge is 0.323 e. The number of nitrogens with zero attached hydrogens (tertiary/aromatic N) is 2. The van der Waals surface area contributed by atoms with Crippen molar-refractivity contribution >= 4 is 17.4 Å². The van der Waals surface area contributed by atoms with E-state index in [9.17, 15) is 19.7 Å². The average Bonchev–Trinajstić information content (AvgIpc) is 2.76. The topological polar surface area (TPSA) is 102 Å². The Morgan fingerprint density at radius 1 is 1.32 bits per heavy atom. The van der Waals surface area contributed by atoms with Gasteiger partial charge in [-0.1, -0.05) is 12.1 Å². The van der Waals surface area contributed by atoms with Gasteiger partial charge in [0, 0.05) is 17.3 Å². The normalized spacial score (nSPS) is 10.5.